The van der Waals surface area contributed by atoms with Gasteiger partial charge in [0.25, 0.3) is 0 Å². The van der Waals surface area contributed by atoms with Crippen molar-refractivity contribution in [3.05, 3.63) is 72.6 Å². The Morgan fingerprint density at radius 3 is 2.54 bits per heavy atom. The van der Waals surface area contributed by atoms with Crippen molar-refractivity contribution in [2.75, 3.05) is 31.5 Å². The summed E-state index contributed by atoms with van der Waals surface area (Å²) in [5, 5.41) is 14.5. The third kappa shape index (κ3) is 8.52. The van der Waals surface area contributed by atoms with E-state index in [1.807, 2.05) is 0 Å². The maximum absolute atomic E-state index is 12.3. The van der Waals surface area contributed by atoms with Gasteiger partial charge >= 0.3 is 12.3 Å². The summed E-state index contributed by atoms with van der Waals surface area (Å²) in [6.45, 7) is 3.46. The summed E-state index contributed by atoms with van der Waals surface area (Å²) in [5.41, 5.74) is 1.52. The van der Waals surface area contributed by atoms with Crippen LogP contribution >= 0.6 is 0 Å². The van der Waals surface area contributed by atoms with E-state index < -0.39 is 12.3 Å². The Hall–Kier alpha value is -3.97. The molecule has 0 radical (unpaired) electrons. The zero-order valence-corrected chi connectivity index (χ0v) is 21.1. The first-order valence-electron chi connectivity index (χ1n) is 12.3. The molecule has 208 valence electrons. The van der Waals surface area contributed by atoms with E-state index in [0.717, 1.165) is 25.2 Å². The van der Waals surface area contributed by atoms with Gasteiger partial charge in [-0.2, -0.15) is 0 Å². The smallest absolute Gasteiger partial charge is 0.476 e. The Labute approximate surface area is 222 Å². The molecule has 1 saturated carbocycles. The SMILES string of the molecule is Cn1cnc(C(=O)O)c1.O=C(CN1CC2C(CNCc3cccc(OC(F)(F)F)c3)C2C1)Nc1cccnc1. The number of pyridine rings is 1. The summed E-state index contributed by atoms with van der Waals surface area (Å²) < 4.78 is 42.5. The first-order chi connectivity index (χ1) is 18.6. The van der Waals surface area contributed by atoms with Gasteiger partial charge in [-0.25, -0.2) is 9.78 Å². The molecule has 3 aromatic rings. The fourth-order valence-corrected chi connectivity index (χ4v) is 4.77. The number of nitrogens with zero attached hydrogens (tertiary/aromatic N) is 4. The highest BCUT2D eigenvalue weighted by molar-refractivity contribution is 5.92. The summed E-state index contributed by atoms with van der Waals surface area (Å²) in [7, 11) is 1.72. The zero-order valence-electron chi connectivity index (χ0n) is 21.1. The number of anilines is 1. The zero-order chi connectivity index (χ0) is 28.0. The van der Waals surface area contributed by atoms with Gasteiger partial charge in [0.2, 0.25) is 5.91 Å². The lowest BCUT2D eigenvalue weighted by Crippen LogP contribution is -2.34. The van der Waals surface area contributed by atoms with E-state index in [4.69, 9.17) is 5.11 Å². The van der Waals surface area contributed by atoms with Crippen LogP contribution in [0, 0.1) is 17.8 Å². The quantitative estimate of drug-likeness (QED) is 0.375. The number of fused-ring (bicyclic) bond motifs is 1. The van der Waals surface area contributed by atoms with Crippen LogP contribution in [0.1, 0.15) is 16.1 Å². The van der Waals surface area contributed by atoms with E-state index in [0.29, 0.717) is 36.5 Å². The van der Waals surface area contributed by atoms with Crippen LogP contribution in [-0.2, 0) is 18.4 Å². The van der Waals surface area contributed by atoms with E-state index in [2.05, 4.69) is 30.2 Å². The van der Waals surface area contributed by atoms with Gasteiger partial charge in [-0.15, -0.1) is 13.2 Å². The van der Waals surface area contributed by atoms with Crippen LogP contribution in [0.4, 0.5) is 18.9 Å². The molecule has 1 aliphatic heterocycles. The summed E-state index contributed by atoms with van der Waals surface area (Å²) in [4.78, 5) is 32.0. The van der Waals surface area contributed by atoms with Gasteiger partial charge in [0.05, 0.1) is 24.8 Å². The Morgan fingerprint density at radius 1 is 1.18 bits per heavy atom. The number of alkyl halides is 3. The Balaban J connectivity index is 0.000000333. The van der Waals surface area contributed by atoms with Crippen LogP contribution in [0.2, 0.25) is 0 Å². The number of nitrogens with one attached hydrogen (secondary N) is 2. The Bertz CT molecular complexity index is 1260. The number of aryl methyl sites for hydroxylation is 1. The number of hydrogen-bond acceptors (Lipinski definition) is 7. The maximum atomic E-state index is 12.3. The molecule has 1 amide bonds. The lowest BCUT2D eigenvalue weighted by Gasteiger charge is -2.19. The van der Waals surface area contributed by atoms with Crippen LogP contribution in [0.15, 0.2) is 61.3 Å². The van der Waals surface area contributed by atoms with E-state index >= 15 is 0 Å². The van der Waals surface area contributed by atoms with Crippen LogP contribution in [0.3, 0.4) is 0 Å². The molecule has 2 aromatic heterocycles. The van der Waals surface area contributed by atoms with Crippen molar-refractivity contribution in [3.8, 4) is 5.75 Å². The van der Waals surface area contributed by atoms with Crippen LogP contribution in [-0.4, -0.2) is 69.0 Å². The minimum Gasteiger partial charge on any atom is -0.476 e. The van der Waals surface area contributed by atoms with Gasteiger partial charge in [0.15, 0.2) is 5.69 Å². The molecule has 0 spiro atoms. The number of carboxylic acids is 1. The number of piperidine rings is 1. The van der Waals surface area contributed by atoms with E-state index in [-0.39, 0.29) is 17.4 Å². The van der Waals surface area contributed by atoms with Gasteiger partial charge in [0, 0.05) is 39.1 Å². The van der Waals surface area contributed by atoms with Crippen molar-refractivity contribution < 1.29 is 32.6 Å². The molecule has 13 heteroatoms. The van der Waals surface area contributed by atoms with Gasteiger partial charge in [-0.1, -0.05) is 12.1 Å². The number of carboxylic acid groups (broad SMARTS) is 1. The first-order valence-corrected chi connectivity index (χ1v) is 12.3. The van der Waals surface area contributed by atoms with Gasteiger partial charge in [0.1, 0.15) is 5.75 Å². The predicted molar refractivity (Wildman–Crippen MR) is 135 cm³/mol. The summed E-state index contributed by atoms with van der Waals surface area (Å²) in [6.07, 6.45) is 1.49. The minimum absolute atomic E-state index is 0.0417. The topological polar surface area (TPSA) is 122 Å². The van der Waals surface area contributed by atoms with Gasteiger partial charge in [-0.3, -0.25) is 14.7 Å². The van der Waals surface area contributed by atoms with Crippen LogP contribution in [0.25, 0.3) is 0 Å². The van der Waals surface area contributed by atoms with Crippen molar-refractivity contribution in [1.29, 1.82) is 0 Å². The van der Waals surface area contributed by atoms with Gasteiger partial charge < -0.3 is 25.0 Å². The molecule has 2 unspecified atom stereocenters. The van der Waals surface area contributed by atoms with Crippen molar-refractivity contribution in [3.63, 3.8) is 0 Å². The number of carbonyl (C=O) groups excluding carboxylic acids is 1. The number of imidazole rings is 1. The molecule has 2 aliphatic rings. The number of likely N-dealkylation sites (tertiary alicyclic amines) is 1. The van der Waals surface area contributed by atoms with Crippen LogP contribution < -0.4 is 15.4 Å². The van der Waals surface area contributed by atoms with Crippen molar-refractivity contribution in [2.45, 2.75) is 12.9 Å². The second-order valence-corrected chi connectivity index (χ2v) is 9.53. The first kappa shape index (κ1) is 28.0. The molecular formula is C26H29F3N6O4. The lowest BCUT2D eigenvalue weighted by molar-refractivity contribution is -0.274. The second kappa shape index (κ2) is 12.3. The molecule has 39 heavy (non-hydrogen) atoms. The number of benzene rings is 1. The second-order valence-electron chi connectivity index (χ2n) is 9.53. The lowest BCUT2D eigenvalue weighted by atomic mass is 10.2. The minimum atomic E-state index is -4.68. The Kier molecular flexibility index (Phi) is 8.82. The molecule has 5 rings (SSSR count). The molecule has 1 aliphatic carbocycles. The summed E-state index contributed by atoms with van der Waals surface area (Å²) in [6, 6.07) is 9.60. The highest BCUT2D eigenvalue weighted by Gasteiger charge is 2.54. The van der Waals surface area contributed by atoms with E-state index in [1.54, 1.807) is 48.3 Å². The number of rotatable bonds is 9. The number of ether oxygens (including phenoxy) is 1. The molecule has 1 aromatic carbocycles. The van der Waals surface area contributed by atoms with Crippen molar-refractivity contribution in [2.24, 2.45) is 24.8 Å². The van der Waals surface area contributed by atoms with Crippen LogP contribution in [0.5, 0.6) is 5.75 Å². The Morgan fingerprint density at radius 2 is 1.95 bits per heavy atom. The third-order valence-electron chi connectivity index (χ3n) is 6.52. The molecular weight excluding hydrogens is 517 g/mol. The largest absolute Gasteiger partial charge is 0.573 e. The maximum Gasteiger partial charge on any atom is 0.573 e. The number of hydrogen-bond donors (Lipinski definition) is 3. The normalized spacial score (nSPS) is 19.9. The average molecular weight is 547 g/mol. The molecule has 2 fully saturated rings. The van der Waals surface area contributed by atoms with E-state index in [9.17, 15) is 22.8 Å². The number of aromatic nitrogens is 3. The molecule has 0 bridgehead atoms. The van der Waals surface area contributed by atoms with E-state index in [1.165, 1.54) is 24.7 Å². The monoisotopic (exact) mass is 546 g/mol. The highest BCUT2D eigenvalue weighted by Crippen LogP contribution is 2.51. The highest BCUT2D eigenvalue weighted by atomic mass is 19.4. The number of carbonyl (C=O) groups is 2. The fraction of sp³-hybridized carbons (Fsp3) is 0.385. The fourth-order valence-electron chi connectivity index (χ4n) is 4.77. The predicted octanol–water partition coefficient (Wildman–Crippen LogP) is 3.00. The summed E-state index contributed by atoms with van der Waals surface area (Å²) in [5.74, 6) is 0.463. The average Bonchev–Trinajstić information content (AvgIpc) is 3.18. The molecule has 3 N–H and O–H groups in total. The molecule has 1 saturated heterocycles. The number of halogens is 3. The van der Waals surface area contributed by atoms with Crippen molar-refractivity contribution in [1.82, 2.24) is 24.8 Å². The third-order valence-corrected chi connectivity index (χ3v) is 6.52. The van der Waals surface area contributed by atoms with Crippen molar-refractivity contribution >= 4 is 17.6 Å². The molecule has 3 heterocycles. The number of amides is 1. The summed E-state index contributed by atoms with van der Waals surface area (Å²) >= 11 is 0. The molecule has 10 nitrogen and oxygen atoms in total. The molecule has 2 atom stereocenters. The number of aromatic carboxylic acids is 1. The van der Waals surface area contributed by atoms with Gasteiger partial charge in [-0.05, 0) is 54.1 Å². The standard InChI is InChI=1S/C21H23F3N4O2.C5H6N2O2/c22-21(23,24)30-16-5-1-3-14(7-16)8-26-10-17-18-11-28(12-19(17)18)13-20(29)27-15-4-2-6-25-9-15;1-7-2-4(5(8)9)6-3-7/h1-7,9,17-19,26H,8,10-13H2,(H,27,29);2-3H,1H3,(H,8,9).